The molecule has 16 heavy (non-hydrogen) atoms. The maximum atomic E-state index is 10.6. The van der Waals surface area contributed by atoms with Crippen LogP contribution in [0.4, 0.5) is 0 Å². The lowest BCUT2D eigenvalue weighted by Gasteiger charge is -2.02. The van der Waals surface area contributed by atoms with Crippen LogP contribution >= 0.6 is 0 Å². The largest absolute Gasteiger partial charge is 0.481 e. The molecule has 1 aromatic heterocycles. The summed E-state index contributed by atoms with van der Waals surface area (Å²) in [6.45, 7) is 1.85. The SMILES string of the molecule is Cc1cnn(-c2cccc(CC(=O)O)c2)n1. The third-order valence-corrected chi connectivity index (χ3v) is 2.10. The Balaban J connectivity index is 2.32. The number of aromatic nitrogens is 3. The number of aryl methyl sites for hydroxylation is 1. The van der Waals surface area contributed by atoms with Crippen molar-refractivity contribution in [3.8, 4) is 5.69 Å². The molecule has 0 aliphatic carbocycles. The number of rotatable bonds is 3. The van der Waals surface area contributed by atoms with Crippen LogP contribution in [0.25, 0.3) is 5.69 Å². The molecule has 5 nitrogen and oxygen atoms in total. The van der Waals surface area contributed by atoms with E-state index in [2.05, 4.69) is 10.2 Å². The highest BCUT2D eigenvalue weighted by molar-refractivity contribution is 5.70. The molecular formula is C11H11N3O2. The van der Waals surface area contributed by atoms with Crippen molar-refractivity contribution in [1.29, 1.82) is 0 Å². The highest BCUT2D eigenvalue weighted by Crippen LogP contribution is 2.09. The summed E-state index contributed by atoms with van der Waals surface area (Å²) in [5.74, 6) is -0.846. The molecule has 0 unspecified atom stereocenters. The molecule has 1 N–H and O–H groups in total. The minimum Gasteiger partial charge on any atom is -0.481 e. The predicted molar refractivity (Wildman–Crippen MR) is 57.4 cm³/mol. The molecule has 0 aliphatic rings. The fraction of sp³-hybridized carbons (Fsp3) is 0.182. The molecular weight excluding hydrogens is 206 g/mol. The molecule has 0 atom stereocenters. The second-order valence-electron chi connectivity index (χ2n) is 3.52. The Bertz CT molecular complexity index is 519. The fourth-order valence-electron chi connectivity index (χ4n) is 1.43. The van der Waals surface area contributed by atoms with E-state index in [1.54, 1.807) is 24.4 Å². The Kier molecular flexibility index (Phi) is 2.68. The van der Waals surface area contributed by atoms with Gasteiger partial charge in [-0.25, -0.2) is 0 Å². The van der Waals surface area contributed by atoms with Gasteiger partial charge in [-0.3, -0.25) is 4.79 Å². The molecule has 0 fully saturated rings. The maximum Gasteiger partial charge on any atom is 0.307 e. The Hall–Kier alpha value is -2.17. The van der Waals surface area contributed by atoms with E-state index in [1.165, 1.54) is 4.80 Å². The van der Waals surface area contributed by atoms with Crippen molar-refractivity contribution in [1.82, 2.24) is 15.0 Å². The van der Waals surface area contributed by atoms with Gasteiger partial charge in [0.15, 0.2) is 0 Å². The van der Waals surface area contributed by atoms with Gasteiger partial charge in [-0.15, -0.1) is 0 Å². The first-order valence-corrected chi connectivity index (χ1v) is 4.85. The van der Waals surface area contributed by atoms with Gasteiger partial charge in [0.05, 0.1) is 24.0 Å². The van der Waals surface area contributed by atoms with Gasteiger partial charge in [0.1, 0.15) is 0 Å². The lowest BCUT2D eigenvalue weighted by molar-refractivity contribution is -0.136. The monoisotopic (exact) mass is 217 g/mol. The first kappa shape index (κ1) is 10.4. The van der Waals surface area contributed by atoms with Gasteiger partial charge in [-0.2, -0.15) is 15.0 Å². The fourth-order valence-corrected chi connectivity index (χ4v) is 1.43. The lowest BCUT2D eigenvalue weighted by atomic mass is 10.1. The minimum atomic E-state index is -0.846. The topological polar surface area (TPSA) is 68.0 Å². The van der Waals surface area contributed by atoms with Crippen LogP contribution in [-0.2, 0) is 11.2 Å². The van der Waals surface area contributed by atoms with Crippen LogP contribution in [0, 0.1) is 6.92 Å². The summed E-state index contributed by atoms with van der Waals surface area (Å²) >= 11 is 0. The molecule has 0 radical (unpaired) electrons. The van der Waals surface area contributed by atoms with E-state index in [0.29, 0.717) is 0 Å². The number of carboxylic acids is 1. The van der Waals surface area contributed by atoms with Crippen molar-refractivity contribution < 1.29 is 9.90 Å². The minimum absolute atomic E-state index is 0.00803. The van der Waals surface area contributed by atoms with Gasteiger partial charge >= 0.3 is 5.97 Å². The molecule has 2 rings (SSSR count). The highest BCUT2D eigenvalue weighted by atomic mass is 16.4. The molecule has 0 amide bonds. The lowest BCUT2D eigenvalue weighted by Crippen LogP contribution is -2.03. The summed E-state index contributed by atoms with van der Waals surface area (Å²) in [7, 11) is 0. The van der Waals surface area contributed by atoms with Gasteiger partial charge in [-0.05, 0) is 24.6 Å². The molecule has 0 saturated carbocycles. The molecule has 0 saturated heterocycles. The molecule has 1 heterocycles. The average Bonchev–Trinajstić information content (AvgIpc) is 2.64. The maximum absolute atomic E-state index is 10.6. The number of nitrogens with zero attached hydrogens (tertiary/aromatic N) is 3. The molecule has 82 valence electrons. The Morgan fingerprint density at radius 1 is 1.50 bits per heavy atom. The van der Waals surface area contributed by atoms with Crippen molar-refractivity contribution in [2.24, 2.45) is 0 Å². The van der Waals surface area contributed by atoms with Gasteiger partial charge in [0, 0.05) is 0 Å². The molecule has 0 spiro atoms. The Morgan fingerprint density at radius 3 is 2.94 bits per heavy atom. The van der Waals surface area contributed by atoms with Crippen molar-refractivity contribution in [2.75, 3.05) is 0 Å². The van der Waals surface area contributed by atoms with Crippen molar-refractivity contribution >= 4 is 5.97 Å². The number of benzene rings is 1. The van der Waals surface area contributed by atoms with Crippen LogP contribution in [0.3, 0.4) is 0 Å². The van der Waals surface area contributed by atoms with Crippen molar-refractivity contribution in [3.63, 3.8) is 0 Å². The summed E-state index contributed by atoms with van der Waals surface area (Å²) < 4.78 is 0. The average molecular weight is 217 g/mol. The standard InChI is InChI=1S/C11H11N3O2/c1-8-7-12-14(13-8)10-4-2-3-9(5-10)6-11(15)16/h2-5,7H,6H2,1H3,(H,15,16). The summed E-state index contributed by atoms with van der Waals surface area (Å²) in [4.78, 5) is 12.1. The summed E-state index contributed by atoms with van der Waals surface area (Å²) in [6.07, 6.45) is 1.66. The van der Waals surface area contributed by atoms with Gasteiger partial charge in [0.2, 0.25) is 0 Å². The molecule has 2 aromatic rings. The van der Waals surface area contributed by atoms with Crippen LogP contribution < -0.4 is 0 Å². The van der Waals surface area contributed by atoms with E-state index in [9.17, 15) is 4.79 Å². The first-order valence-electron chi connectivity index (χ1n) is 4.85. The zero-order valence-corrected chi connectivity index (χ0v) is 8.79. The second-order valence-corrected chi connectivity index (χ2v) is 3.52. The van der Waals surface area contributed by atoms with Crippen LogP contribution in [0.5, 0.6) is 0 Å². The molecule has 5 heteroatoms. The number of carboxylic acid groups (broad SMARTS) is 1. The quantitative estimate of drug-likeness (QED) is 0.838. The van der Waals surface area contributed by atoms with Crippen LogP contribution in [0.1, 0.15) is 11.3 Å². The van der Waals surface area contributed by atoms with Gasteiger partial charge < -0.3 is 5.11 Å². The summed E-state index contributed by atoms with van der Waals surface area (Å²) in [5.41, 5.74) is 2.33. The van der Waals surface area contributed by atoms with E-state index in [0.717, 1.165) is 16.9 Å². The third-order valence-electron chi connectivity index (χ3n) is 2.10. The van der Waals surface area contributed by atoms with E-state index >= 15 is 0 Å². The number of hydrogen-bond donors (Lipinski definition) is 1. The van der Waals surface area contributed by atoms with Gasteiger partial charge in [-0.1, -0.05) is 12.1 Å². The second kappa shape index (κ2) is 4.14. The van der Waals surface area contributed by atoms with Crippen LogP contribution in [0.2, 0.25) is 0 Å². The van der Waals surface area contributed by atoms with E-state index in [-0.39, 0.29) is 6.42 Å². The molecule has 0 bridgehead atoms. The number of aliphatic carboxylic acids is 1. The van der Waals surface area contributed by atoms with Gasteiger partial charge in [0.25, 0.3) is 0 Å². The smallest absolute Gasteiger partial charge is 0.307 e. The number of carbonyl (C=O) groups is 1. The third kappa shape index (κ3) is 2.25. The molecule has 0 aliphatic heterocycles. The predicted octanol–water partition coefficient (Wildman–Crippen LogP) is 1.20. The first-order chi connectivity index (χ1) is 7.65. The summed E-state index contributed by atoms with van der Waals surface area (Å²) in [5, 5.41) is 16.9. The Labute approximate surface area is 92.3 Å². The zero-order valence-electron chi connectivity index (χ0n) is 8.79. The molecule has 1 aromatic carbocycles. The van der Waals surface area contributed by atoms with Crippen LogP contribution in [-0.4, -0.2) is 26.1 Å². The summed E-state index contributed by atoms with van der Waals surface area (Å²) in [6, 6.07) is 7.18. The van der Waals surface area contributed by atoms with Crippen molar-refractivity contribution in [3.05, 3.63) is 41.7 Å². The van der Waals surface area contributed by atoms with Crippen LogP contribution in [0.15, 0.2) is 30.5 Å². The normalized spacial score (nSPS) is 10.3. The van der Waals surface area contributed by atoms with E-state index in [1.807, 2.05) is 13.0 Å². The highest BCUT2D eigenvalue weighted by Gasteiger charge is 2.04. The number of hydrogen-bond acceptors (Lipinski definition) is 3. The zero-order chi connectivity index (χ0) is 11.5. The Morgan fingerprint density at radius 2 is 2.31 bits per heavy atom. The van der Waals surface area contributed by atoms with E-state index < -0.39 is 5.97 Å². The van der Waals surface area contributed by atoms with Crippen molar-refractivity contribution in [2.45, 2.75) is 13.3 Å². The van der Waals surface area contributed by atoms with E-state index in [4.69, 9.17) is 5.11 Å².